The van der Waals surface area contributed by atoms with Crippen LogP contribution in [0, 0.1) is 17.7 Å². The number of ether oxygens (including phenoxy) is 2. The molecule has 3 atom stereocenters. The number of benzene rings is 2. The number of amides is 1. The second kappa shape index (κ2) is 15.9. The van der Waals surface area contributed by atoms with Crippen LogP contribution in [0.25, 0.3) is 11.1 Å². The van der Waals surface area contributed by atoms with Crippen LogP contribution in [0.2, 0.25) is 0 Å². The Morgan fingerprint density at radius 1 is 1.00 bits per heavy atom. The minimum Gasteiger partial charge on any atom is -0.406 e. The van der Waals surface area contributed by atoms with Crippen LogP contribution in [0.3, 0.4) is 0 Å². The van der Waals surface area contributed by atoms with E-state index in [1.807, 2.05) is 54.5 Å². The molecule has 2 aromatic rings. The van der Waals surface area contributed by atoms with Gasteiger partial charge >= 0.3 is 6.36 Å². The van der Waals surface area contributed by atoms with Crippen molar-refractivity contribution in [2.24, 2.45) is 11.8 Å². The SMILES string of the molecule is C=C(c1ccc(F)cc1)C(C)/C(C)=C(/C=C(/c1ccc(OC(F)(F)F)cc1)C(C)CC)C(=O)NCC(C)(CC)OCCC. The topological polar surface area (TPSA) is 47.6 Å². The second-order valence-corrected chi connectivity index (χ2v) is 11.2. The summed E-state index contributed by atoms with van der Waals surface area (Å²) in [4.78, 5) is 13.9. The van der Waals surface area contributed by atoms with Crippen LogP contribution in [-0.2, 0) is 9.53 Å². The van der Waals surface area contributed by atoms with Crippen molar-refractivity contribution < 1.29 is 31.8 Å². The van der Waals surface area contributed by atoms with Gasteiger partial charge in [-0.15, -0.1) is 13.2 Å². The van der Waals surface area contributed by atoms with E-state index in [4.69, 9.17) is 4.74 Å². The maximum Gasteiger partial charge on any atom is 0.573 e. The zero-order valence-corrected chi connectivity index (χ0v) is 26.3. The Hall–Kier alpha value is -3.39. The smallest absolute Gasteiger partial charge is 0.406 e. The standard InChI is InChI=1S/C35H45F4NO3/c1-9-20-42-34(8,11-3)22-40-33(41)32(26(7)24(5)25(6)27-12-16-29(36)17-13-27)21-31(23(4)10-2)28-14-18-30(19-15-28)43-35(37,38)39/h12-19,21,23-24H,6,9-11,20,22H2,1-5,7-8H3,(H,40,41)/b31-21+,32-26-. The third kappa shape index (κ3) is 10.7. The van der Waals surface area contributed by atoms with Gasteiger partial charge in [-0.25, -0.2) is 4.39 Å². The van der Waals surface area contributed by atoms with Crippen LogP contribution >= 0.6 is 0 Å². The van der Waals surface area contributed by atoms with E-state index in [1.165, 1.54) is 24.3 Å². The van der Waals surface area contributed by atoms with E-state index < -0.39 is 12.0 Å². The molecule has 3 unspecified atom stereocenters. The monoisotopic (exact) mass is 603 g/mol. The highest BCUT2D eigenvalue weighted by molar-refractivity contribution is 5.99. The Bertz CT molecular complexity index is 1280. The lowest BCUT2D eigenvalue weighted by Gasteiger charge is -2.29. The molecule has 8 heteroatoms. The van der Waals surface area contributed by atoms with Gasteiger partial charge < -0.3 is 14.8 Å². The molecule has 1 N–H and O–H groups in total. The van der Waals surface area contributed by atoms with E-state index in [-0.39, 0.29) is 29.3 Å². The average molecular weight is 604 g/mol. The molecule has 0 bridgehead atoms. The van der Waals surface area contributed by atoms with Crippen molar-refractivity contribution >= 4 is 17.1 Å². The first kappa shape index (κ1) is 35.8. The van der Waals surface area contributed by atoms with Gasteiger partial charge in [0, 0.05) is 24.6 Å². The van der Waals surface area contributed by atoms with Gasteiger partial charge in [-0.2, -0.15) is 0 Å². The summed E-state index contributed by atoms with van der Waals surface area (Å²) in [5.41, 5.74) is 3.58. The fraction of sp³-hybridized carbons (Fsp3) is 0.457. The molecule has 2 rings (SSSR count). The van der Waals surface area contributed by atoms with Crippen molar-refractivity contribution in [1.82, 2.24) is 5.32 Å². The minimum atomic E-state index is -4.79. The highest BCUT2D eigenvalue weighted by atomic mass is 19.4. The predicted octanol–water partition coefficient (Wildman–Crippen LogP) is 9.53. The van der Waals surface area contributed by atoms with Gasteiger partial charge in [-0.05, 0) is 91.6 Å². The fourth-order valence-electron chi connectivity index (χ4n) is 4.49. The summed E-state index contributed by atoms with van der Waals surface area (Å²) in [5, 5.41) is 3.06. The Labute approximate surface area is 253 Å². The lowest BCUT2D eigenvalue weighted by atomic mass is 9.84. The molecule has 0 heterocycles. The van der Waals surface area contributed by atoms with Gasteiger partial charge in [0.2, 0.25) is 0 Å². The largest absolute Gasteiger partial charge is 0.573 e. The maximum atomic E-state index is 13.9. The molecule has 0 saturated carbocycles. The molecule has 0 aliphatic rings. The first-order valence-electron chi connectivity index (χ1n) is 14.8. The third-order valence-corrected chi connectivity index (χ3v) is 7.95. The second-order valence-electron chi connectivity index (χ2n) is 11.2. The van der Waals surface area contributed by atoms with E-state index in [0.29, 0.717) is 30.7 Å². The number of nitrogens with one attached hydrogen (secondary N) is 1. The number of carbonyl (C=O) groups is 1. The third-order valence-electron chi connectivity index (χ3n) is 7.95. The number of halogens is 4. The van der Waals surface area contributed by atoms with Crippen LogP contribution < -0.4 is 10.1 Å². The summed E-state index contributed by atoms with van der Waals surface area (Å²) in [6.45, 7) is 18.9. The fourth-order valence-corrected chi connectivity index (χ4v) is 4.49. The number of hydrogen-bond acceptors (Lipinski definition) is 3. The Kier molecular flexibility index (Phi) is 13.2. The van der Waals surface area contributed by atoms with Gasteiger partial charge in [0.25, 0.3) is 5.91 Å². The van der Waals surface area contributed by atoms with Gasteiger partial charge in [0.05, 0.1) is 5.60 Å². The van der Waals surface area contributed by atoms with Crippen LogP contribution in [-0.4, -0.2) is 31.0 Å². The van der Waals surface area contributed by atoms with Crippen molar-refractivity contribution in [2.45, 2.75) is 79.7 Å². The number of rotatable bonds is 15. The van der Waals surface area contributed by atoms with Gasteiger partial charge in [-0.3, -0.25) is 4.79 Å². The van der Waals surface area contributed by atoms with Crippen LogP contribution in [0.1, 0.15) is 78.9 Å². The molecular weight excluding hydrogens is 558 g/mol. The normalized spacial score (nSPS) is 15.7. The lowest BCUT2D eigenvalue weighted by Crippen LogP contribution is -2.43. The maximum absolute atomic E-state index is 13.9. The Morgan fingerprint density at radius 2 is 1.58 bits per heavy atom. The summed E-state index contributed by atoms with van der Waals surface area (Å²) < 4.78 is 61.9. The van der Waals surface area contributed by atoms with Crippen molar-refractivity contribution in [3.63, 3.8) is 0 Å². The number of hydrogen-bond donors (Lipinski definition) is 1. The average Bonchev–Trinajstić information content (AvgIpc) is 2.98. The van der Waals surface area contributed by atoms with Gasteiger partial charge in [-0.1, -0.05) is 71.0 Å². The predicted molar refractivity (Wildman–Crippen MR) is 166 cm³/mol. The number of allylic oxidation sites excluding steroid dienone is 3. The van der Waals surface area contributed by atoms with E-state index >= 15 is 0 Å². The first-order chi connectivity index (χ1) is 20.1. The first-order valence-corrected chi connectivity index (χ1v) is 14.8. The molecule has 0 aliphatic carbocycles. The molecular formula is C35H45F4NO3. The quantitative estimate of drug-likeness (QED) is 0.125. The van der Waals surface area contributed by atoms with Crippen molar-refractivity contribution in [3.05, 3.63) is 89.3 Å². The highest BCUT2D eigenvalue weighted by Crippen LogP contribution is 2.34. The van der Waals surface area contributed by atoms with Crippen molar-refractivity contribution in [3.8, 4) is 5.75 Å². The zero-order chi connectivity index (χ0) is 32.4. The molecule has 1 amide bonds. The summed E-state index contributed by atoms with van der Waals surface area (Å²) in [5.74, 6) is -1.27. The molecule has 0 saturated heterocycles. The molecule has 4 nitrogen and oxygen atoms in total. The molecule has 0 aromatic heterocycles. The summed E-state index contributed by atoms with van der Waals surface area (Å²) >= 11 is 0. The summed E-state index contributed by atoms with van der Waals surface area (Å²) in [7, 11) is 0. The van der Waals surface area contributed by atoms with Crippen LogP contribution in [0.15, 0.2) is 72.3 Å². The number of carbonyl (C=O) groups excluding carboxylic acids is 1. The molecule has 2 aromatic carbocycles. The Balaban J connectivity index is 2.62. The van der Waals surface area contributed by atoms with Crippen molar-refractivity contribution in [2.75, 3.05) is 13.2 Å². The Morgan fingerprint density at radius 3 is 2.09 bits per heavy atom. The zero-order valence-electron chi connectivity index (χ0n) is 26.3. The summed E-state index contributed by atoms with van der Waals surface area (Å²) in [6.07, 6.45) is -0.687. The van der Waals surface area contributed by atoms with Gasteiger partial charge in [0.1, 0.15) is 11.6 Å². The molecule has 0 spiro atoms. The number of alkyl halides is 3. The molecule has 0 radical (unpaired) electrons. The molecule has 0 fully saturated rings. The van der Waals surface area contributed by atoms with E-state index in [0.717, 1.165) is 35.1 Å². The highest BCUT2D eigenvalue weighted by Gasteiger charge is 2.31. The van der Waals surface area contributed by atoms with Crippen LogP contribution in [0.5, 0.6) is 5.75 Å². The minimum absolute atomic E-state index is 0.0191. The lowest BCUT2D eigenvalue weighted by molar-refractivity contribution is -0.274. The van der Waals surface area contributed by atoms with Crippen molar-refractivity contribution in [1.29, 1.82) is 0 Å². The van der Waals surface area contributed by atoms with E-state index in [9.17, 15) is 22.4 Å². The van der Waals surface area contributed by atoms with Crippen LogP contribution in [0.4, 0.5) is 17.6 Å². The van der Waals surface area contributed by atoms with Gasteiger partial charge in [0.15, 0.2) is 0 Å². The van der Waals surface area contributed by atoms with E-state index in [2.05, 4.69) is 16.6 Å². The van der Waals surface area contributed by atoms with E-state index in [1.54, 1.807) is 24.3 Å². The molecule has 236 valence electrons. The molecule has 43 heavy (non-hydrogen) atoms. The molecule has 0 aliphatic heterocycles. The summed E-state index contributed by atoms with van der Waals surface area (Å²) in [6, 6.07) is 11.7.